The molecule has 2 atom stereocenters. The van der Waals surface area contributed by atoms with Crippen molar-refractivity contribution in [1.82, 2.24) is 19.9 Å². The largest absolute Gasteiger partial charge is 0.497 e. The fourth-order valence-electron chi connectivity index (χ4n) is 4.86. The third-order valence-corrected chi connectivity index (χ3v) is 7.83. The highest BCUT2D eigenvalue weighted by molar-refractivity contribution is 7.18. The molecule has 3 heterocycles. The first-order valence-corrected chi connectivity index (χ1v) is 13.2. The van der Waals surface area contributed by atoms with Crippen molar-refractivity contribution in [2.75, 3.05) is 7.11 Å². The Morgan fingerprint density at radius 3 is 2.92 bits per heavy atom. The summed E-state index contributed by atoms with van der Waals surface area (Å²) in [5.41, 5.74) is 7.96. The van der Waals surface area contributed by atoms with E-state index in [2.05, 4.69) is 15.3 Å². The number of nitrogens with zero attached hydrogens (tertiary/aromatic N) is 4. The van der Waals surface area contributed by atoms with Crippen molar-refractivity contribution in [3.05, 3.63) is 63.3 Å². The Bertz CT molecular complexity index is 1550. The maximum absolute atomic E-state index is 15.2. The minimum absolute atomic E-state index is 0.0894. The summed E-state index contributed by atoms with van der Waals surface area (Å²) in [5.74, 6) is 0.427. The zero-order valence-corrected chi connectivity index (χ0v) is 22.0. The minimum atomic E-state index is -0.435. The second kappa shape index (κ2) is 10.9. The molecule has 0 spiro atoms. The first kappa shape index (κ1) is 25.8. The quantitative estimate of drug-likeness (QED) is 0.214. The predicted molar refractivity (Wildman–Crippen MR) is 147 cm³/mol. The van der Waals surface area contributed by atoms with Gasteiger partial charge in [-0.15, -0.1) is 11.3 Å². The van der Waals surface area contributed by atoms with Gasteiger partial charge in [-0.1, -0.05) is 11.6 Å². The summed E-state index contributed by atoms with van der Waals surface area (Å²) in [4.78, 5) is 26.3. The van der Waals surface area contributed by atoms with Crippen LogP contribution in [0.3, 0.4) is 0 Å². The number of fused-ring (bicyclic) bond motifs is 1. The van der Waals surface area contributed by atoms with Crippen molar-refractivity contribution in [3.8, 4) is 17.1 Å². The molecule has 3 aromatic heterocycles. The number of amides is 1. The molecule has 0 bridgehead atoms. The Hall–Kier alpha value is -3.83. The van der Waals surface area contributed by atoms with Crippen LogP contribution in [0.4, 0.5) is 4.39 Å². The molecule has 1 aliphatic carbocycles. The van der Waals surface area contributed by atoms with E-state index in [1.54, 1.807) is 36.5 Å². The van der Waals surface area contributed by atoms with Crippen LogP contribution in [0.2, 0.25) is 4.34 Å². The summed E-state index contributed by atoms with van der Waals surface area (Å²) in [7, 11) is 1.52. The lowest BCUT2D eigenvalue weighted by Crippen LogP contribution is -2.38. The number of halogens is 2. The number of pyridine rings is 1. The minimum Gasteiger partial charge on any atom is -0.497 e. The smallest absolute Gasteiger partial charge is 0.261 e. The number of methoxy groups -OCH3 is 1. The molecular weight excluding hydrogens is 529 g/mol. The van der Waals surface area contributed by atoms with Gasteiger partial charge in [0.15, 0.2) is 5.84 Å². The molecule has 12 heteroatoms. The average molecular weight is 554 g/mol. The lowest BCUT2D eigenvalue weighted by atomic mass is 9.90. The second-order valence-electron chi connectivity index (χ2n) is 8.95. The molecule has 1 aromatic carbocycles. The number of aromatic nitrogens is 3. The van der Waals surface area contributed by atoms with Gasteiger partial charge in [0.2, 0.25) is 0 Å². The maximum Gasteiger partial charge on any atom is 0.261 e. The zero-order chi connectivity index (χ0) is 26.8. The van der Waals surface area contributed by atoms with Crippen LogP contribution in [-0.4, -0.2) is 45.8 Å². The first-order valence-electron chi connectivity index (χ1n) is 12.0. The Kier molecular flexibility index (Phi) is 7.39. The number of nitrogens with one attached hydrogen (secondary N) is 2. The highest BCUT2D eigenvalue weighted by Gasteiger charge is 2.29. The lowest BCUT2D eigenvalue weighted by Gasteiger charge is -2.32. The van der Waals surface area contributed by atoms with Gasteiger partial charge in [-0.2, -0.15) is 0 Å². The SMILES string of the molecule is COc1ccc(F)c(-c2nc3cnc(C(N)=NC=N)cc3n2C2CCCC(NC(=O)c3ccc(Cl)s3)C2)c1. The highest BCUT2D eigenvalue weighted by atomic mass is 35.5. The Morgan fingerprint density at radius 1 is 1.34 bits per heavy atom. The number of hydrogen-bond donors (Lipinski definition) is 3. The van der Waals surface area contributed by atoms with Crippen LogP contribution in [0.25, 0.3) is 22.4 Å². The molecule has 4 N–H and O–H groups in total. The summed E-state index contributed by atoms with van der Waals surface area (Å²) < 4.78 is 23.1. The summed E-state index contributed by atoms with van der Waals surface area (Å²) in [6.45, 7) is 0. The van der Waals surface area contributed by atoms with Crippen LogP contribution in [-0.2, 0) is 0 Å². The van der Waals surface area contributed by atoms with E-state index in [0.717, 1.165) is 25.6 Å². The topological polar surface area (TPSA) is 131 Å². The lowest BCUT2D eigenvalue weighted by molar-refractivity contribution is 0.0925. The number of carbonyl (C=O) groups excluding carboxylic acids is 1. The van der Waals surface area contributed by atoms with E-state index in [9.17, 15) is 4.79 Å². The third kappa shape index (κ3) is 5.11. The van der Waals surface area contributed by atoms with Gasteiger partial charge in [0, 0.05) is 12.1 Å². The molecule has 2 unspecified atom stereocenters. The van der Waals surface area contributed by atoms with E-state index in [-0.39, 0.29) is 23.8 Å². The molecule has 1 amide bonds. The van der Waals surface area contributed by atoms with E-state index in [4.69, 9.17) is 32.5 Å². The van der Waals surface area contributed by atoms with Gasteiger partial charge < -0.3 is 20.4 Å². The van der Waals surface area contributed by atoms with Crippen LogP contribution in [0.5, 0.6) is 5.75 Å². The molecule has 4 aromatic rings. The zero-order valence-electron chi connectivity index (χ0n) is 20.4. The molecule has 0 saturated heterocycles. The average Bonchev–Trinajstić information content (AvgIpc) is 3.52. The molecule has 0 aliphatic heterocycles. The van der Waals surface area contributed by atoms with Gasteiger partial charge in [0.25, 0.3) is 5.91 Å². The van der Waals surface area contributed by atoms with E-state index >= 15 is 4.39 Å². The fraction of sp³-hybridized carbons (Fsp3) is 0.269. The molecule has 196 valence electrons. The number of thiophene rings is 1. The summed E-state index contributed by atoms with van der Waals surface area (Å²) in [6.07, 6.45) is 5.53. The van der Waals surface area contributed by atoms with Crippen LogP contribution < -0.4 is 15.8 Å². The van der Waals surface area contributed by atoms with Gasteiger partial charge >= 0.3 is 0 Å². The van der Waals surface area contributed by atoms with E-state index < -0.39 is 5.82 Å². The van der Waals surface area contributed by atoms with Gasteiger partial charge in [-0.05, 0) is 62.1 Å². The monoisotopic (exact) mass is 553 g/mol. The number of ether oxygens (including phenoxy) is 1. The standard InChI is InChI=1S/C26H25ClFN7O2S/c1-37-16-5-6-18(28)17(10-16)25-34-20-12-31-19(24(30)32-13-29)11-21(20)35(25)15-4-2-3-14(9-15)33-26(36)22-7-8-23(27)38-22/h5-8,10-15H,2-4,9H2,1H3,(H,33,36)(H3,29,30,32). The van der Waals surface area contributed by atoms with Crippen molar-refractivity contribution in [2.24, 2.45) is 10.7 Å². The number of nitrogens with two attached hydrogens (primary N) is 1. The normalized spacial score (nSPS) is 17.9. The van der Waals surface area contributed by atoms with E-state index in [0.29, 0.717) is 49.5 Å². The molecule has 5 rings (SSSR count). The van der Waals surface area contributed by atoms with Gasteiger partial charge in [-0.3, -0.25) is 15.2 Å². The van der Waals surface area contributed by atoms with Crippen molar-refractivity contribution >= 4 is 52.1 Å². The molecular formula is C26H25ClFN7O2S. The molecule has 1 aliphatic rings. The van der Waals surface area contributed by atoms with Crippen molar-refractivity contribution in [3.63, 3.8) is 0 Å². The van der Waals surface area contributed by atoms with Crippen LogP contribution in [0.1, 0.15) is 47.1 Å². The predicted octanol–water partition coefficient (Wildman–Crippen LogP) is 5.19. The number of amidine groups is 1. The van der Waals surface area contributed by atoms with Crippen LogP contribution >= 0.6 is 22.9 Å². The number of aliphatic imine (C=N–C) groups is 1. The van der Waals surface area contributed by atoms with Crippen LogP contribution in [0.15, 0.2) is 47.6 Å². The molecule has 1 saturated carbocycles. The summed E-state index contributed by atoms with van der Waals surface area (Å²) in [6, 6.07) is 9.52. The summed E-state index contributed by atoms with van der Waals surface area (Å²) >= 11 is 7.25. The number of carbonyl (C=O) groups is 1. The van der Waals surface area contributed by atoms with Gasteiger partial charge in [0.05, 0.1) is 33.6 Å². The fourth-order valence-corrected chi connectivity index (χ4v) is 5.81. The Balaban J connectivity index is 1.58. The summed E-state index contributed by atoms with van der Waals surface area (Å²) in [5, 5.41) is 10.4. The van der Waals surface area contributed by atoms with E-state index in [1.807, 2.05) is 4.57 Å². The highest BCUT2D eigenvalue weighted by Crippen LogP contribution is 2.38. The molecule has 0 radical (unpaired) electrons. The number of rotatable bonds is 7. The van der Waals surface area contributed by atoms with Gasteiger partial charge in [0.1, 0.15) is 34.9 Å². The second-order valence-corrected chi connectivity index (χ2v) is 10.7. The van der Waals surface area contributed by atoms with Crippen LogP contribution in [0, 0.1) is 11.2 Å². The van der Waals surface area contributed by atoms with E-state index in [1.165, 1.54) is 24.5 Å². The number of benzene rings is 1. The molecule has 38 heavy (non-hydrogen) atoms. The molecule has 1 fully saturated rings. The maximum atomic E-state index is 15.2. The number of imidazole rings is 1. The Labute approximate surface area is 227 Å². The van der Waals surface area contributed by atoms with Crippen molar-refractivity contribution in [1.29, 1.82) is 5.41 Å². The van der Waals surface area contributed by atoms with Crippen molar-refractivity contribution in [2.45, 2.75) is 37.8 Å². The Morgan fingerprint density at radius 2 is 2.18 bits per heavy atom. The molecule has 9 nitrogen and oxygen atoms in total. The third-order valence-electron chi connectivity index (χ3n) is 6.60. The van der Waals surface area contributed by atoms with Crippen molar-refractivity contribution < 1.29 is 13.9 Å². The number of hydrogen-bond acceptors (Lipinski definition) is 6. The van der Waals surface area contributed by atoms with Gasteiger partial charge in [-0.25, -0.2) is 14.4 Å². The first-order chi connectivity index (χ1) is 18.4.